The summed E-state index contributed by atoms with van der Waals surface area (Å²) in [5.74, 6) is 3.00. The summed E-state index contributed by atoms with van der Waals surface area (Å²) in [4.78, 5) is 2.15. The first-order valence-electron chi connectivity index (χ1n) is 16.9. The van der Waals surface area contributed by atoms with Gasteiger partial charge in [-0.25, -0.2) is 4.57 Å². The fourth-order valence-electron chi connectivity index (χ4n) is 12.7. The zero-order valence-electron chi connectivity index (χ0n) is 27.6. The summed E-state index contributed by atoms with van der Waals surface area (Å²) in [6.07, 6.45) is 16.3. The van der Waals surface area contributed by atoms with E-state index in [2.05, 4.69) is 82.7 Å². The van der Waals surface area contributed by atoms with Crippen LogP contribution in [0.5, 0.6) is 0 Å². The van der Waals surface area contributed by atoms with Gasteiger partial charge in [0.25, 0.3) is 0 Å². The molecule has 5 aliphatic rings. The van der Waals surface area contributed by atoms with Crippen LogP contribution in [0.1, 0.15) is 98.8 Å². The average Bonchev–Trinajstić information content (AvgIpc) is 3.32. The smallest absolute Gasteiger partial charge is 0.171 e. The molecule has 0 aromatic carbocycles. The van der Waals surface area contributed by atoms with Gasteiger partial charge in [0.1, 0.15) is 0 Å². The number of halogens is 1. The Morgan fingerprint density at radius 1 is 0.881 bits per heavy atom. The van der Waals surface area contributed by atoms with Crippen LogP contribution in [0.4, 0.5) is 5.69 Å². The van der Waals surface area contributed by atoms with Gasteiger partial charge in [-0.05, 0) is 126 Å². The van der Waals surface area contributed by atoms with Crippen molar-refractivity contribution in [2.45, 2.75) is 111 Å². The number of fused-ring (bicyclic) bond motifs is 7. The molecule has 0 amide bonds. The molecule has 236 valence electrons. The molecular weight excluding hydrogens is 584 g/mol. The number of rotatable bonds is 5. The fourth-order valence-corrected chi connectivity index (χ4v) is 12.7. The minimum Gasteiger partial charge on any atom is -1.00 e. The van der Waals surface area contributed by atoms with E-state index in [-0.39, 0.29) is 39.3 Å². The summed E-state index contributed by atoms with van der Waals surface area (Å²) in [6.45, 7) is 18.7. The van der Waals surface area contributed by atoms with E-state index in [0.29, 0.717) is 41.1 Å². The molecule has 4 unspecified atom stereocenters. The van der Waals surface area contributed by atoms with Gasteiger partial charge in [0.05, 0.1) is 6.10 Å². The highest BCUT2D eigenvalue weighted by atomic mass is 79.9. The van der Waals surface area contributed by atoms with E-state index in [4.69, 9.17) is 6.58 Å². The lowest BCUT2D eigenvalue weighted by Gasteiger charge is -2.73. The third kappa shape index (κ3) is 4.43. The van der Waals surface area contributed by atoms with Gasteiger partial charge in [0, 0.05) is 38.5 Å². The lowest BCUT2D eigenvalue weighted by molar-refractivity contribution is -0.689. The maximum Gasteiger partial charge on any atom is 0.171 e. The SMILES string of the molecule is C=C(C[n+]1ccc(N(C)C)cc1)[C@@H]1CC[C@]2(CO)CC[C@]3(C)C(CCC4[C@@]5(C)CC[C@H](O)C(C)(C)C5CC[C@]43C)C12.[Br-]. The Labute approximate surface area is 267 Å². The maximum absolute atomic E-state index is 11.0. The topological polar surface area (TPSA) is 47.6 Å². The van der Waals surface area contributed by atoms with Crippen molar-refractivity contribution >= 4 is 5.69 Å². The molecule has 1 heterocycles. The Kier molecular flexibility index (Phi) is 8.40. The van der Waals surface area contributed by atoms with Gasteiger partial charge >= 0.3 is 0 Å². The number of hydrogen-bond donors (Lipinski definition) is 2. The highest BCUT2D eigenvalue weighted by Crippen LogP contribution is 2.77. The number of aliphatic hydroxyl groups excluding tert-OH is 2. The number of pyridine rings is 1. The molecule has 0 aliphatic heterocycles. The molecule has 0 saturated heterocycles. The lowest BCUT2D eigenvalue weighted by Crippen LogP contribution is -3.00. The van der Waals surface area contributed by atoms with Crippen molar-refractivity contribution in [3.63, 3.8) is 0 Å². The first-order chi connectivity index (χ1) is 19.2. The third-order valence-electron chi connectivity index (χ3n) is 15.2. The second kappa shape index (κ2) is 10.9. The highest BCUT2D eigenvalue weighted by Gasteiger charge is 2.70. The Morgan fingerprint density at radius 3 is 2.21 bits per heavy atom. The van der Waals surface area contributed by atoms with Crippen molar-refractivity contribution in [3.8, 4) is 0 Å². The fraction of sp³-hybridized carbons (Fsp3) is 0.811. The summed E-state index contributed by atoms with van der Waals surface area (Å²) >= 11 is 0. The van der Waals surface area contributed by atoms with Gasteiger partial charge in [0.15, 0.2) is 18.9 Å². The van der Waals surface area contributed by atoms with Crippen molar-refractivity contribution in [2.24, 2.45) is 56.7 Å². The highest BCUT2D eigenvalue weighted by molar-refractivity contribution is 5.41. The molecule has 5 aliphatic carbocycles. The van der Waals surface area contributed by atoms with Crippen LogP contribution in [0.15, 0.2) is 36.7 Å². The van der Waals surface area contributed by atoms with Crippen molar-refractivity contribution < 1.29 is 31.8 Å². The second-order valence-electron chi connectivity index (χ2n) is 17.0. The second-order valence-corrected chi connectivity index (χ2v) is 17.0. The van der Waals surface area contributed by atoms with Crippen molar-refractivity contribution in [1.82, 2.24) is 0 Å². The first-order valence-corrected chi connectivity index (χ1v) is 16.9. The van der Waals surface area contributed by atoms with Gasteiger partial charge in [-0.3, -0.25) is 0 Å². The van der Waals surface area contributed by atoms with Crippen LogP contribution in [-0.4, -0.2) is 37.0 Å². The van der Waals surface area contributed by atoms with Crippen molar-refractivity contribution in [1.29, 1.82) is 0 Å². The summed E-state index contributed by atoms with van der Waals surface area (Å²) in [5, 5.41) is 22.0. The molecule has 5 heteroatoms. The summed E-state index contributed by atoms with van der Waals surface area (Å²) in [5.41, 5.74) is 3.56. The molecule has 4 nitrogen and oxygen atoms in total. The Bertz CT molecular complexity index is 1170. The molecule has 0 bridgehead atoms. The van der Waals surface area contributed by atoms with Gasteiger partial charge < -0.3 is 32.1 Å². The molecule has 1 aromatic rings. The van der Waals surface area contributed by atoms with Crippen LogP contribution in [0.3, 0.4) is 0 Å². The van der Waals surface area contributed by atoms with E-state index in [0.717, 1.165) is 25.3 Å². The molecule has 0 radical (unpaired) electrons. The van der Waals surface area contributed by atoms with Crippen molar-refractivity contribution in [3.05, 3.63) is 36.7 Å². The average molecular weight is 644 g/mol. The van der Waals surface area contributed by atoms with E-state index < -0.39 is 0 Å². The Hall–Kier alpha value is -0.910. The van der Waals surface area contributed by atoms with E-state index >= 15 is 0 Å². The molecule has 1 aromatic heterocycles. The number of anilines is 1. The number of nitrogens with zero attached hydrogens (tertiary/aromatic N) is 2. The molecule has 5 fully saturated rings. The summed E-state index contributed by atoms with van der Waals surface area (Å²) in [6, 6.07) is 4.39. The minimum atomic E-state index is -0.168. The molecule has 5 saturated carbocycles. The zero-order valence-corrected chi connectivity index (χ0v) is 29.2. The van der Waals surface area contributed by atoms with Crippen LogP contribution < -0.4 is 26.4 Å². The van der Waals surface area contributed by atoms with E-state index in [9.17, 15) is 10.2 Å². The van der Waals surface area contributed by atoms with Crippen LogP contribution in [0, 0.1) is 56.7 Å². The molecule has 2 N–H and O–H groups in total. The first kappa shape index (κ1) is 32.5. The molecule has 10 atom stereocenters. The quantitative estimate of drug-likeness (QED) is 0.377. The predicted octanol–water partition coefficient (Wildman–Crippen LogP) is 4.04. The number of aromatic nitrogens is 1. The van der Waals surface area contributed by atoms with E-state index in [1.165, 1.54) is 62.6 Å². The van der Waals surface area contributed by atoms with Gasteiger partial charge in [-0.1, -0.05) is 41.2 Å². The third-order valence-corrected chi connectivity index (χ3v) is 15.2. The standard InChI is InChI=1S/C37H59N2O2.BrH/c1-25(23-39-21-14-26(15-22-39)38(7)8)27-11-18-37(24-40)20-19-35(5)28(32(27)37)9-10-30-34(4)16-13-31(41)33(2,3)29(34)12-17-36(30,35)6;/h14-15,21-22,27-32,40-41H,1,9-13,16-20,23-24H2,2-8H3;1H/q+1;/p-1/t27-,28?,29?,30?,31-,32?,34-,35+,36+,37+;/m0./s1. The number of allylic oxidation sites excluding steroid dienone is 1. The van der Waals surface area contributed by atoms with Crippen LogP contribution in [-0.2, 0) is 6.54 Å². The molecular formula is C37H59BrN2O2. The van der Waals surface area contributed by atoms with Crippen LogP contribution in [0.25, 0.3) is 0 Å². The van der Waals surface area contributed by atoms with Crippen LogP contribution >= 0.6 is 0 Å². The number of hydrogen-bond acceptors (Lipinski definition) is 3. The van der Waals surface area contributed by atoms with Gasteiger partial charge in [0.2, 0.25) is 0 Å². The Morgan fingerprint density at radius 2 is 1.57 bits per heavy atom. The van der Waals surface area contributed by atoms with E-state index in [1.807, 2.05) is 0 Å². The largest absolute Gasteiger partial charge is 1.00 e. The number of aliphatic hydroxyl groups is 2. The normalized spacial score (nSPS) is 45.5. The van der Waals surface area contributed by atoms with Crippen LogP contribution in [0.2, 0.25) is 0 Å². The van der Waals surface area contributed by atoms with Crippen molar-refractivity contribution in [2.75, 3.05) is 25.6 Å². The van der Waals surface area contributed by atoms with Gasteiger partial charge in [-0.15, -0.1) is 0 Å². The lowest BCUT2D eigenvalue weighted by atomic mass is 9.32. The molecule has 6 rings (SSSR count). The monoisotopic (exact) mass is 642 g/mol. The predicted molar refractivity (Wildman–Crippen MR) is 167 cm³/mol. The Balaban J connectivity index is 0.00000353. The van der Waals surface area contributed by atoms with Gasteiger partial charge in [-0.2, -0.15) is 0 Å². The molecule has 0 spiro atoms. The maximum atomic E-state index is 11.0. The zero-order chi connectivity index (χ0) is 29.6. The minimum absolute atomic E-state index is 0. The summed E-state index contributed by atoms with van der Waals surface area (Å²) < 4.78 is 2.30. The molecule has 42 heavy (non-hydrogen) atoms. The summed E-state index contributed by atoms with van der Waals surface area (Å²) in [7, 11) is 4.18. The van der Waals surface area contributed by atoms with E-state index in [1.54, 1.807) is 0 Å².